The smallest absolute Gasteiger partial charge is 0.0626 e. The van der Waals surface area contributed by atoms with Crippen LogP contribution in [0.3, 0.4) is 0 Å². The van der Waals surface area contributed by atoms with Crippen LogP contribution >= 0.6 is 11.8 Å². The van der Waals surface area contributed by atoms with Crippen LogP contribution in [0.2, 0.25) is 0 Å². The van der Waals surface area contributed by atoms with Crippen molar-refractivity contribution < 1.29 is 4.74 Å². The molecule has 0 aromatic rings. The molecule has 14 heavy (non-hydrogen) atoms. The minimum absolute atomic E-state index is 0.312. The Morgan fingerprint density at radius 2 is 2.21 bits per heavy atom. The molecule has 2 saturated heterocycles. The van der Waals surface area contributed by atoms with Crippen LogP contribution < -0.4 is 5.32 Å². The summed E-state index contributed by atoms with van der Waals surface area (Å²) in [6, 6.07) is 1.25. The first-order valence-electron chi connectivity index (χ1n) is 5.55. The highest BCUT2D eigenvalue weighted by molar-refractivity contribution is 8.00. The maximum Gasteiger partial charge on any atom is 0.0626 e. The summed E-state index contributed by atoms with van der Waals surface area (Å²) in [4.78, 5) is 0. The van der Waals surface area contributed by atoms with Crippen molar-refractivity contribution in [1.82, 2.24) is 5.32 Å². The van der Waals surface area contributed by atoms with Crippen LogP contribution in [0, 0.1) is 5.41 Å². The van der Waals surface area contributed by atoms with E-state index in [2.05, 4.69) is 37.8 Å². The monoisotopic (exact) mass is 215 g/mol. The zero-order valence-electron chi connectivity index (χ0n) is 9.38. The highest BCUT2D eigenvalue weighted by Crippen LogP contribution is 2.31. The number of rotatable bonds is 2. The summed E-state index contributed by atoms with van der Waals surface area (Å²) in [5.41, 5.74) is 0.312. The molecule has 0 aliphatic carbocycles. The number of hydrogen-bond acceptors (Lipinski definition) is 3. The van der Waals surface area contributed by atoms with Crippen molar-refractivity contribution in [3.05, 3.63) is 0 Å². The van der Waals surface area contributed by atoms with Crippen molar-refractivity contribution in [2.24, 2.45) is 5.41 Å². The second-order valence-corrected chi connectivity index (χ2v) is 6.68. The number of hydrogen-bond donors (Lipinski definition) is 1. The Morgan fingerprint density at radius 3 is 2.71 bits per heavy atom. The lowest BCUT2D eigenvalue weighted by atomic mass is 9.87. The molecule has 82 valence electrons. The minimum atomic E-state index is 0.312. The lowest BCUT2D eigenvalue weighted by Crippen LogP contribution is -2.48. The fraction of sp³-hybridized carbons (Fsp3) is 1.00. The lowest BCUT2D eigenvalue weighted by Gasteiger charge is -2.29. The van der Waals surface area contributed by atoms with Crippen LogP contribution in [0.1, 0.15) is 27.2 Å². The molecule has 2 aliphatic heterocycles. The van der Waals surface area contributed by atoms with Crippen molar-refractivity contribution >= 4 is 11.8 Å². The molecule has 0 spiro atoms. The van der Waals surface area contributed by atoms with Gasteiger partial charge in [0.25, 0.3) is 0 Å². The fourth-order valence-corrected chi connectivity index (χ4v) is 3.46. The minimum Gasteiger partial charge on any atom is -0.379 e. The zero-order chi connectivity index (χ0) is 10.2. The van der Waals surface area contributed by atoms with E-state index in [4.69, 9.17) is 4.74 Å². The van der Waals surface area contributed by atoms with E-state index in [1.165, 1.54) is 12.2 Å². The predicted octanol–water partition coefficient (Wildman–Crippen LogP) is 1.89. The zero-order valence-corrected chi connectivity index (χ0v) is 10.2. The standard InChI is InChI=1S/C11H21NOS/c1-8-9(4-5-14-8)12-10-6-13-7-11(10,2)3/h8-10,12H,4-7H2,1-3H3. The van der Waals surface area contributed by atoms with Crippen LogP contribution in [-0.2, 0) is 4.74 Å². The van der Waals surface area contributed by atoms with Crippen molar-refractivity contribution in [2.45, 2.75) is 44.5 Å². The van der Waals surface area contributed by atoms with E-state index in [0.717, 1.165) is 18.5 Å². The molecule has 2 aliphatic rings. The SMILES string of the molecule is CC1SCCC1NC1COCC1(C)C. The Bertz CT molecular complexity index is 207. The van der Waals surface area contributed by atoms with Gasteiger partial charge in [0.15, 0.2) is 0 Å². The fourth-order valence-electron chi connectivity index (χ4n) is 2.25. The van der Waals surface area contributed by atoms with Crippen LogP contribution in [0.25, 0.3) is 0 Å². The summed E-state index contributed by atoms with van der Waals surface area (Å²) in [6.07, 6.45) is 1.32. The van der Waals surface area contributed by atoms with Gasteiger partial charge in [0.1, 0.15) is 0 Å². The van der Waals surface area contributed by atoms with Crippen molar-refractivity contribution in [1.29, 1.82) is 0 Å². The first-order chi connectivity index (χ1) is 6.59. The molecule has 0 aromatic carbocycles. The third-order valence-corrected chi connectivity index (χ3v) is 4.82. The average Bonchev–Trinajstić information content (AvgIpc) is 2.62. The van der Waals surface area contributed by atoms with Gasteiger partial charge in [0.05, 0.1) is 13.2 Å². The van der Waals surface area contributed by atoms with Crippen LogP contribution in [0.15, 0.2) is 0 Å². The van der Waals surface area contributed by atoms with Gasteiger partial charge >= 0.3 is 0 Å². The predicted molar refractivity (Wildman–Crippen MR) is 61.8 cm³/mol. The van der Waals surface area contributed by atoms with E-state index in [-0.39, 0.29) is 0 Å². The lowest BCUT2D eigenvalue weighted by molar-refractivity contribution is 0.166. The van der Waals surface area contributed by atoms with Crippen LogP contribution in [0.5, 0.6) is 0 Å². The van der Waals surface area contributed by atoms with Gasteiger partial charge in [-0.05, 0) is 12.2 Å². The maximum absolute atomic E-state index is 5.55. The second kappa shape index (κ2) is 4.03. The topological polar surface area (TPSA) is 21.3 Å². The van der Waals surface area contributed by atoms with Crippen molar-refractivity contribution in [2.75, 3.05) is 19.0 Å². The van der Waals surface area contributed by atoms with Gasteiger partial charge in [0, 0.05) is 22.7 Å². The number of ether oxygens (including phenoxy) is 1. The molecule has 2 rings (SSSR count). The first kappa shape index (κ1) is 10.8. The molecule has 2 fully saturated rings. The molecule has 0 saturated carbocycles. The molecule has 0 radical (unpaired) electrons. The Kier molecular flexibility index (Phi) is 3.10. The van der Waals surface area contributed by atoms with Gasteiger partial charge in [0.2, 0.25) is 0 Å². The van der Waals surface area contributed by atoms with Gasteiger partial charge in [-0.3, -0.25) is 0 Å². The summed E-state index contributed by atoms with van der Waals surface area (Å²) < 4.78 is 5.55. The highest BCUT2D eigenvalue weighted by Gasteiger charge is 2.38. The molecule has 1 N–H and O–H groups in total. The molecule has 3 atom stereocenters. The van der Waals surface area contributed by atoms with E-state index in [9.17, 15) is 0 Å². The summed E-state index contributed by atoms with van der Waals surface area (Å²) in [6.45, 7) is 8.72. The van der Waals surface area contributed by atoms with Crippen molar-refractivity contribution in [3.63, 3.8) is 0 Å². The second-order valence-electron chi connectivity index (χ2n) is 5.19. The average molecular weight is 215 g/mol. The van der Waals surface area contributed by atoms with Crippen molar-refractivity contribution in [3.8, 4) is 0 Å². The van der Waals surface area contributed by atoms with E-state index >= 15 is 0 Å². The molecule has 3 heteroatoms. The summed E-state index contributed by atoms with van der Waals surface area (Å²) in [5, 5.41) is 4.54. The molecule has 2 nitrogen and oxygen atoms in total. The summed E-state index contributed by atoms with van der Waals surface area (Å²) >= 11 is 2.09. The largest absolute Gasteiger partial charge is 0.379 e. The van der Waals surface area contributed by atoms with Crippen LogP contribution in [-0.4, -0.2) is 36.3 Å². The quantitative estimate of drug-likeness (QED) is 0.760. The summed E-state index contributed by atoms with van der Waals surface area (Å²) in [5.74, 6) is 1.31. The molecule has 3 unspecified atom stereocenters. The normalized spacial score (nSPS) is 41.8. The Labute approximate surface area is 91.2 Å². The molecular formula is C11H21NOS. The molecule has 0 aromatic heterocycles. The van der Waals surface area contributed by atoms with Gasteiger partial charge in [-0.15, -0.1) is 0 Å². The van der Waals surface area contributed by atoms with E-state index in [0.29, 0.717) is 17.5 Å². The van der Waals surface area contributed by atoms with Gasteiger partial charge in [-0.25, -0.2) is 0 Å². The molecular weight excluding hydrogens is 194 g/mol. The Balaban J connectivity index is 1.90. The van der Waals surface area contributed by atoms with Crippen LogP contribution in [0.4, 0.5) is 0 Å². The van der Waals surface area contributed by atoms with Gasteiger partial charge < -0.3 is 10.1 Å². The van der Waals surface area contributed by atoms with E-state index < -0.39 is 0 Å². The maximum atomic E-state index is 5.55. The van der Waals surface area contributed by atoms with E-state index in [1.807, 2.05) is 0 Å². The highest BCUT2D eigenvalue weighted by atomic mass is 32.2. The summed E-state index contributed by atoms with van der Waals surface area (Å²) in [7, 11) is 0. The Hall–Kier alpha value is 0.270. The number of nitrogens with one attached hydrogen (secondary N) is 1. The number of thioether (sulfide) groups is 1. The third kappa shape index (κ3) is 2.10. The molecule has 0 amide bonds. The van der Waals surface area contributed by atoms with Gasteiger partial charge in [-0.2, -0.15) is 11.8 Å². The van der Waals surface area contributed by atoms with Gasteiger partial charge in [-0.1, -0.05) is 20.8 Å². The third-order valence-electron chi connectivity index (χ3n) is 3.49. The Morgan fingerprint density at radius 1 is 1.43 bits per heavy atom. The van der Waals surface area contributed by atoms with E-state index in [1.54, 1.807) is 0 Å². The first-order valence-corrected chi connectivity index (χ1v) is 6.60. The molecule has 2 heterocycles. The molecule has 0 bridgehead atoms.